The van der Waals surface area contributed by atoms with Gasteiger partial charge in [-0.15, -0.1) is 11.3 Å². The van der Waals surface area contributed by atoms with Gasteiger partial charge in [-0.25, -0.2) is 4.79 Å². The fourth-order valence-electron chi connectivity index (χ4n) is 2.53. The number of pyridine rings is 1. The Hall–Kier alpha value is -3.19. The molecule has 0 saturated heterocycles. The highest BCUT2D eigenvalue weighted by Crippen LogP contribution is 2.35. The lowest BCUT2D eigenvalue weighted by atomic mass is 10.1. The van der Waals surface area contributed by atoms with Gasteiger partial charge in [-0.3, -0.25) is 4.79 Å². The van der Waals surface area contributed by atoms with Crippen LogP contribution in [0.3, 0.4) is 0 Å². The molecule has 0 aliphatic carbocycles. The number of benzene rings is 1. The summed E-state index contributed by atoms with van der Waals surface area (Å²) in [6.07, 6.45) is 3.13. The minimum absolute atomic E-state index is 0.00916. The zero-order valence-electron chi connectivity index (χ0n) is 14.7. The molecule has 3 rings (SSSR count). The van der Waals surface area contributed by atoms with Gasteiger partial charge < -0.3 is 15.2 Å². The maximum atomic E-state index is 12.4. The molecule has 0 saturated carbocycles. The summed E-state index contributed by atoms with van der Waals surface area (Å²) in [7, 11) is 0. The third kappa shape index (κ3) is 4.71. The van der Waals surface area contributed by atoms with Crippen LogP contribution in [0.4, 0.5) is 5.00 Å². The van der Waals surface area contributed by atoms with Gasteiger partial charge in [0.05, 0.1) is 12.2 Å². The van der Waals surface area contributed by atoms with Crippen LogP contribution in [0, 0.1) is 0 Å². The van der Waals surface area contributed by atoms with Crippen LogP contribution in [0.2, 0.25) is 0 Å². The predicted molar refractivity (Wildman–Crippen MR) is 103 cm³/mol. The molecule has 1 amide bonds. The van der Waals surface area contributed by atoms with E-state index in [1.807, 2.05) is 30.3 Å². The van der Waals surface area contributed by atoms with E-state index in [1.165, 1.54) is 23.6 Å². The van der Waals surface area contributed by atoms with Crippen molar-refractivity contribution in [2.75, 3.05) is 11.9 Å². The minimum Gasteiger partial charge on any atom is -0.503 e. The zero-order valence-corrected chi connectivity index (χ0v) is 15.5. The Bertz CT molecular complexity index is 954. The highest BCUT2D eigenvalue weighted by molar-refractivity contribution is 7.20. The summed E-state index contributed by atoms with van der Waals surface area (Å²) in [6, 6.07) is 14.5. The van der Waals surface area contributed by atoms with Crippen molar-refractivity contribution in [3.05, 3.63) is 66.5 Å². The van der Waals surface area contributed by atoms with Crippen LogP contribution in [0.15, 0.2) is 60.9 Å². The van der Waals surface area contributed by atoms with Gasteiger partial charge >= 0.3 is 5.97 Å². The van der Waals surface area contributed by atoms with Crippen LogP contribution in [0.1, 0.15) is 17.3 Å². The zero-order chi connectivity index (χ0) is 19.2. The van der Waals surface area contributed by atoms with Crippen molar-refractivity contribution in [2.45, 2.75) is 13.5 Å². The standard InChI is InChI=1S/C20H18N2O4S/c1-2-26-20(25)16-11-17(14-7-4-3-5-8-14)27-19(16)21-18(24)13-22-10-6-9-15(23)12-22/h3-12H,2,13H2,1H3,(H-,21,23,24,25)/p+1. The Morgan fingerprint density at radius 2 is 1.96 bits per heavy atom. The number of nitrogens with zero attached hydrogens (tertiary/aromatic N) is 1. The Kier molecular flexibility index (Phi) is 5.83. The molecule has 0 unspecified atom stereocenters. The first-order valence-corrected chi connectivity index (χ1v) is 9.22. The normalized spacial score (nSPS) is 10.4. The number of hydrogen-bond acceptors (Lipinski definition) is 5. The van der Waals surface area contributed by atoms with Crippen LogP contribution < -0.4 is 9.88 Å². The largest absolute Gasteiger partial charge is 0.503 e. The van der Waals surface area contributed by atoms with Crippen LogP contribution in [0.25, 0.3) is 10.4 Å². The van der Waals surface area contributed by atoms with Gasteiger partial charge in [0.25, 0.3) is 5.91 Å². The number of thiophene rings is 1. The van der Waals surface area contributed by atoms with E-state index >= 15 is 0 Å². The topological polar surface area (TPSA) is 79.5 Å². The number of rotatable bonds is 6. The van der Waals surface area contributed by atoms with Crippen molar-refractivity contribution in [3.63, 3.8) is 0 Å². The second-order valence-corrected chi connectivity index (χ2v) is 6.77. The number of anilines is 1. The van der Waals surface area contributed by atoms with Gasteiger partial charge in [0.1, 0.15) is 5.00 Å². The second-order valence-electron chi connectivity index (χ2n) is 5.72. The maximum Gasteiger partial charge on any atom is 0.341 e. The van der Waals surface area contributed by atoms with Gasteiger partial charge in [-0.05, 0) is 24.6 Å². The Balaban J connectivity index is 1.85. The lowest BCUT2D eigenvalue weighted by Gasteiger charge is -2.04. The molecule has 2 aromatic heterocycles. The lowest BCUT2D eigenvalue weighted by Crippen LogP contribution is -2.39. The maximum absolute atomic E-state index is 12.4. The number of esters is 1. The molecule has 0 fully saturated rings. The molecule has 1 aromatic carbocycles. The summed E-state index contributed by atoms with van der Waals surface area (Å²) < 4.78 is 6.67. The lowest BCUT2D eigenvalue weighted by molar-refractivity contribution is -0.684. The smallest absolute Gasteiger partial charge is 0.341 e. The first-order chi connectivity index (χ1) is 13.1. The first-order valence-electron chi connectivity index (χ1n) is 8.41. The third-order valence-electron chi connectivity index (χ3n) is 3.71. The van der Waals surface area contributed by atoms with Gasteiger partial charge in [0, 0.05) is 10.9 Å². The summed E-state index contributed by atoms with van der Waals surface area (Å²) in [6.45, 7) is 2.00. The number of nitrogens with one attached hydrogen (secondary N) is 1. The number of hydrogen-bond donors (Lipinski definition) is 2. The molecule has 0 spiro atoms. The quantitative estimate of drug-likeness (QED) is 0.506. The number of carbonyl (C=O) groups excluding carboxylic acids is 2. The van der Waals surface area contributed by atoms with E-state index in [-0.39, 0.29) is 24.8 Å². The molecule has 0 radical (unpaired) electrons. The van der Waals surface area contributed by atoms with E-state index in [1.54, 1.807) is 29.8 Å². The first kappa shape index (κ1) is 18.6. The molecule has 6 nitrogen and oxygen atoms in total. The third-order valence-corrected chi connectivity index (χ3v) is 4.81. The fraction of sp³-hybridized carbons (Fsp3) is 0.150. The highest BCUT2D eigenvalue weighted by Gasteiger charge is 2.21. The van der Waals surface area contributed by atoms with E-state index in [9.17, 15) is 14.7 Å². The molecule has 2 heterocycles. The summed E-state index contributed by atoms with van der Waals surface area (Å²) in [4.78, 5) is 25.6. The van der Waals surface area contributed by atoms with Gasteiger partial charge in [-0.2, -0.15) is 4.57 Å². The molecule has 7 heteroatoms. The van der Waals surface area contributed by atoms with Crippen LogP contribution in [-0.2, 0) is 16.1 Å². The highest BCUT2D eigenvalue weighted by atomic mass is 32.1. The van der Waals surface area contributed by atoms with E-state index in [0.29, 0.717) is 10.6 Å². The second kappa shape index (κ2) is 8.46. The predicted octanol–water partition coefficient (Wildman–Crippen LogP) is 3.22. The van der Waals surface area contributed by atoms with Crippen molar-refractivity contribution in [1.29, 1.82) is 0 Å². The Morgan fingerprint density at radius 3 is 2.67 bits per heavy atom. The van der Waals surface area contributed by atoms with E-state index < -0.39 is 5.97 Å². The number of aromatic hydroxyl groups is 1. The van der Waals surface area contributed by atoms with Crippen molar-refractivity contribution in [3.8, 4) is 16.2 Å². The van der Waals surface area contributed by atoms with Crippen molar-refractivity contribution in [2.24, 2.45) is 0 Å². The van der Waals surface area contributed by atoms with Gasteiger partial charge in [0.2, 0.25) is 12.7 Å². The summed E-state index contributed by atoms with van der Waals surface area (Å²) in [5.41, 5.74) is 1.28. The molecular formula is C20H19N2O4S+. The summed E-state index contributed by atoms with van der Waals surface area (Å²) in [5, 5.41) is 12.7. The number of aromatic nitrogens is 1. The average molecular weight is 383 g/mol. The number of ether oxygens (including phenoxy) is 1. The molecule has 0 aliphatic rings. The van der Waals surface area contributed by atoms with Crippen LogP contribution in [-0.4, -0.2) is 23.6 Å². The number of carbonyl (C=O) groups is 2. The number of amides is 1. The van der Waals surface area contributed by atoms with Crippen molar-refractivity contribution >= 4 is 28.2 Å². The summed E-state index contributed by atoms with van der Waals surface area (Å²) >= 11 is 1.32. The van der Waals surface area contributed by atoms with E-state index in [2.05, 4.69) is 5.32 Å². The Morgan fingerprint density at radius 1 is 1.19 bits per heavy atom. The van der Waals surface area contributed by atoms with Crippen molar-refractivity contribution in [1.82, 2.24) is 0 Å². The molecule has 0 atom stereocenters. The van der Waals surface area contributed by atoms with E-state index in [0.717, 1.165) is 10.4 Å². The average Bonchev–Trinajstić information content (AvgIpc) is 3.06. The van der Waals surface area contributed by atoms with Gasteiger partial charge in [-0.1, -0.05) is 30.3 Å². The molecule has 2 N–H and O–H groups in total. The molecule has 138 valence electrons. The molecular weight excluding hydrogens is 364 g/mol. The fourth-order valence-corrected chi connectivity index (χ4v) is 3.60. The molecule has 27 heavy (non-hydrogen) atoms. The van der Waals surface area contributed by atoms with Crippen molar-refractivity contribution < 1.29 is 24.0 Å². The molecule has 0 bridgehead atoms. The van der Waals surface area contributed by atoms with Crippen LogP contribution in [0.5, 0.6) is 5.75 Å². The Labute approximate surface area is 160 Å². The molecule has 3 aromatic rings. The van der Waals surface area contributed by atoms with E-state index in [4.69, 9.17) is 4.74 Å². The van der Waals surface area contributed by atoms with Gasteiger partial charge in [0.15, 0.2) is 11.9 Å². The van der Waals surface area contributed by atoms with Crippen LogP contribution >= 0.6 is 11.3 Å². The monoisotopic (exact) mass is 383 g/mol. The molecule has 0 aliphatic heterocycles. The SMILES string of the molecule is CCOC(=O)c1cc(-c2ccccc2)sc1NC(=O)C[n+]1cccc(O)c1. The summed E-state index contributed by atoms with van der Waals surface area (Å²) in [5.74, 6) is -0.714. The minimum atomic E-state index is -0.476.